The lowest BCUT2D eigenvalue weighted by Gasteiger charge is -2.26. The van der Waals surface area contributed by atoms with Gasteiger partial charge in [0.05, 0.1) is 19.1 Å². The van der Waals surface area contributed by atoms with Crippen LogP contribution in [0.5, 0.6) is 0 Å². The van der Waals surface area contributed by atoms with Gasteiger partial charge in [0.1, 0.15) is 36.3 Å². The molecule has 0 heterocycles. The maximum Gasteiger partial charge on any atom is 0.469 e. The van der Waals surface area contributed by atoms with Crippen molar-refractivity contribution in [3.05, 3.63) is 0 Å². The molecule has 328 valence electrons. The number of phosphoric acid groups is 1. The second-order valence-electron chi connectivity index (χ2n) is 12.9. The van der Waals surface area contributed by atoms with Gasteiger partial charge in [0.25, 0.3) is 0 Å². The maximum atomic E-state index is 13.4. The van der Waals surface area contributed by atoms with Crippen LogP contribution in [0, 0.1) is 0 Å². The zero-order chi connectivity index (χ0) is 43.7. The first-order valence-electron chi connectivity index (χ1n) is 18.1. The smallest absolute Gasteiger partial charge is 0.469 e. The number of unbranched alkanes of at least 4 members (excludes halogenated alkanes) is 3. The van der Waals surface area contributed by atoms with Crippen LogP contribution < -0.4 is 54.8 Å². The van der Waals surface area contributed by atoms with Crippen LogP contribution in [0.3, 0.4) is 0 Å². The summed E-state index contributed by atoms with van der Waals surface area (Å²) in [4.78, 5) is 120. The number of aliphatic carboxylic acids is 2. The highest BCUT2D eigenvalue weighted by Crippen LogP contribution is 2.35. The number of hydrogen-bond donors (Lipinski definition) is 15. The van der Waals surface area contributed by atoms with Crippen molar-refractivity contribution < 1.29 is 67.4 Å². The molecule has 0 radical (unpaired) electrons. The van der Waals surface area contributed by atoms with Crippen LogP contribution in [0.1, 0.15) is 71.1 Å². The van der Waals surface area contributed by atoms with E-state index in [4.69, 9.17) is 32.7 Å². The van der Waals surface area contributed by atoms with Gasteiger partial charge in [-0.1, -0.05) is 6.42 Å². The van der Waals surface area contributed by atoms with Crippen LogP contribution in [-0.2, 0) is 47.4 Å². The van der Waals surface area contributed by atoms with Crippen molar-refractivity contribution in [1.29, 1.82) is 0 Å². The molecule has 26 heteroatoms. The van der Waals surface area contributed by atoms with Crippen molar-refractivity contribution >= 4 is 67.8 Å². The Hall–Kier alpha value is -3.94. The molecule has 0 unspecified atom stereocenters. The molecule has 57 heavy (non-hydrogen) atoms. The third kappa shape index (κ3) is 23.2. The van der Waals surface area contributed by atoms with Crippen LogP contribution in [-0.4, -0.2) is 142 Å². The van der Waals surface area contributed by atoms with Crippen LogP contribution in [0.4, 0.5) is 0 Å². The zero-order valence-corrected chi connectivity index (χ0v) is 33.5. The minimum atomic E-state index is -5.18. The first kappa shape index (κ1) is 53.1. The number of nitrogens with two attached hydrogens (primary N) is 4. The average Bonchev–Trinajstić information content (AvgIpc) is 3.13. The van der Waals surface area contributed by atoms with E-state index in [2.05, 4.69) is 49.1 Å². The minimum Gasteiger partial charge on any atom is -0.481 e. The van der Waals surface area contributed by atoms with Crippen molar-refractivity contribution in [2.24, 2.45) is 22.9 Å². The Kier molecular flexibility index (Phi) is 26.5. The Bertz CT molecular complexity index is 1390. The monoisotopic (exact) mass is 858 g/mol. The number of carbonyl (C=O) groups is 8. The zero-order valence-electron chi connectivity index (χ0n) is 31.7. The summed E-state index contributed by atoms with van der Waals surface area (Å²) in [5.41, 5.74) is 22.5. The molecule has 0 aliphatic rings. The molecule has 0 saturated carbocycles. The molecule has 0 fully saturated rings. The number of nitrogens with one attached hydrogen (secondary N) is 6. The fourth-order valence-electron chi connectivity index (χ4n) is 4.86. The summed E-state index contributed by atoms with van der Waals surface area (Å²) < 4.78 is 15.7. The van der Waals surface area contributed by atoms with Gasteiger partial charge in [-0.05, 0) is 77.9 Å². The molecule has 7 atom stereocenters. The van der Waals surface area contributed by atoms with E-state index in [1.165, 1.54) is 6.92 Å². The van der Waals surface area contributed by atoms with Gasteiger partial charge in [0.15, 0.2) is 0 Å². The van der Waals surface area contributed by atoms with Crippen molar-refractivity contribution in [1.82, 2.24) is 31.9 Å². The third-order valence-electron chi connectivity index (χ3n) is 8.07. The molecule has 0 aromatic rings. The standard InChI is InChI=1S/C31H59N10O14PS/c1-17(36-27(46)19(9-3-6-12-33)38-29(48)21(14-24(42)43)39-26(45)18(35)8-2-5-11-32)25(44)37-20(10-4-7-13-34)28(47)40-22(15-55-56(52,53)54)30(49)41-23(16-57)31(50)51/h17-23,57H,2-16,32-35H2,1H3,(H,36,46)(H,37,44)(H,38,48)(H,39,45)(H,40,47)(H,41,49)(H,42,43)(H,50,51)(H2,52,53,54)/t17-,18-,19-,20-,21-,22-,23-/m0/s1. The van der Waals surface area contributed by atoms with E-state index in [9.17, 15) is 53.1 Å². The van der Waals surface area contributed by atoms with Gasteiger partial charge in [-0.15, -0.1) is 0 Å². The topological polar surface area (TPSA) is 420 Å². The summed E-state index contributed by atoms with van der Waals surface area (Å²) in [7, 11) is -5.18. The average molecular weight is 859 g/mol. The van der Waals surface area contributed by atoms with Crippen LogP contribution in [0.15, 0.2) is 0 Å². The van der Waals surface area contributed by atoms with E-state index in [0.717, 1.165) is 0 Å². The highest BCUT2D eigenvalue weighted by Gasteiger charge is 2.34. The largest absolute Gasteiger partial charge is 0.481 e. The molecule has 0 saturated heterocycles. The normalized spacial score (nSPS) is 15.0. The molecule has 0 aromatic heterocycles. The fraction of sp³-hybridized carbons (Fsp3) is 0.742. The molecule has 6 amide bonds. The van der Waals surface area contributed by atoms with Gasteiger partial charge >= 0.3 is 19.8 Å². The number of rotatable bonds is 31. The summed E-state index contributed by atoms with van der Waals surface area (Å²) in [6.07, 6.45) is 1.73. The van der Waals surface area contributed by atoms with Gasteiger partial charge in [0, 0.05) is 5.75 Å². The molecular formula is C31H59N10O14PS. The Labute approximate surface area is 335 Å². The quantitative estimate of drug-likeness (QED) is 0.0177. The van der Waals surface area contributed by atoms with E-state index in [1.807, 2.05) is 0 Å². The number of carboxylic acids is 2. The van der Waals surface area contributed by atoms with Crippen LogP contribution >= 0.6 is 20.5 Å². The van der Waals surface area contributed by atoms with E-state index in [0.29, 0.717) is 38.6 Å². The highest BCUT2D eigenvalue weighted by molar-refractivity contribution is 7.80. The third-order valence-corrected chi connectivity index (χ3v) is 8.92. The first-order chi connectivity index (χ1) is 26.7. The van der Waals surface area contributed by atoms with Gasteiger partial charge < -0.3 is 74.8 Å². The van der Waals surface area contributed by atoms with E-state index in [-0.39, 0.29) is 44.5 Å². The van der Waals surface area contributed by atoms with Gasteiger partial charge in [-0.3, -0.25) is 38.1 Å². The second kappa shape index (κ2) is 28.5. The molecule has 0 rings (SSSR count). The Morgan fingerprint density at radius 1 is 0.596 bits per heavy atom. The van der Waals surface area contributed by atoms with Crippen LogP contribution in [0.25, 0.3) is 0 Å². The van der Waals surface area contributed by atoms with E-state index in [1.54, 1.807) is 0 Å². The SMILES string of the molecule is C[C@H](NC(=O)[C@H](CCCCN)NC(=O)[C@H](CC(=O)O)NC(=O)[C@@H](N)CCCCN)C(=O)N[C@@H](CCCCN)C(=O)N[C@@H](COP(=O)(O)O)C(=O)N[C@@H](CS)C(=O)O. The maximum absolute atomic E-state index is 13.4. The number of phosphoric ester groups is 1. The Morgan fingerprint density at radius 3 is 1.46 bits per heavy atom. The minimum absolute atomic E-state index is 0.0182. The lowest BCUT2D eigenvalue weighted by molar-refractivity contribution is -0.142. The fourth-order valence-corrected chi connectivity index (χ4v) is 5.45. The van der Waals surface area contributed by atoms with Gasteiger partial charge in [-0.2, -0.15) is 12.6 Å². The van der Waals surface area contributed by atoms with E-state index >= 15 is 0 Å². The number of thiol groups is 1. The Balaban J connectivity index is 6.10. The summed E-state index contributed by atoms with van der Waals surface area (Å²) in [6, 6.07) is -10.3. The summed E-state index contributed by atoms with van der Waals surface area (Å²) in [5.74, 6) is -9.22. The number of carbonyl (C=O) groups excluding carboxylic acids is 6. The molecular weight excluding hydrogens is 799 g/mol. The van der Waals surface area contributed by atoms with Crippen molar-refractivity contribution in [3.8, 4) is 0 Å². The molecule has 18 N–H and O–H groups in total. The lowest BCUT2D eigenvalue weighted by atomic mass is 10.1. The summed E-state index contributed by atoms with van der Waals surface area (Å²) in [6.45, 7) is 0.941. The predicted octanol–water partition coefficient (Wildman–Crippen LogP) is -4.77. The summed E-state index contributed by atoms with van der Waals surface area (Å²) in [5, 5.41) is 32.4. The highest BCUT2D eigenvalue weighted by atomic mass is 32.1. The second-order valence-corrected chi connectivity index (χ2v) is 14.5. The number of amides is 6. The molecule has 0 aliphatic carbocycles. The van der Waals surface area contributed by atoms with E-state index < -0.39 is 111 Å². The van der Waals surface area contributed by atoms with Crippen LogP contribution in [0.2, 0.25) is 0 Å². The molecule has 0 aromatic carbocycles. The van der Waals surface area contributed by atoms with Crippen molar-refractivity contribution in [3.63, 3.8) is 0 Å². The van der Waals surface area contributed by atoms with Gasteiger partial charge in [0.2, 0.25) is 35.4 Å². The lowest BCUT2D eigenvalue weighted by Crippen LogP contribution is -2.60. The van der Waals surface area contributed by atoms with Crippen molar-refractivity contribution in [2.75, 3.05) is 32.0 Å². The predicted molar refractivity (Wildman–Crippen MR) is 206 cm³/mol. The first-order valence-corrected chi connectivity index (χ1v) is 20.3. The molecule has 24 nitrogen and oxygen atoms in total. The van der Waals surface area contributed by atoms with Gasteiger partial charge in [-0.25, -0.2) is 9.36 Å². The number of hydrogen-bond acceptors (Lipinski definition) is 15. The Morgan fingerprint density at radius 2 is 1.00 bits per heavy atom. The van der Waals surface area contributed by atoms with Crippen molar-refractivity contribution in [2.45, 2.75) is 113 Å². The summed E-state index contributed by atoms with van der Waals surface area (Å²) >= 11 is 3.83. The molecule has 0 bridgehead atoms. The molecule has 0 spiro atoms. The molecule has 0 aliphatic heterocycles. The number of carboxylic acid groups (broad SMARTS) is 2.